The predicted octanol–water partition coefficient (Wildman–Crippen LogP) is 0.430. The molecule has 2 fully saturated rings. The number of ether oxygens (including phenoxy) is 1. The van der Waals surface area contributed by atoms with Gasteiger partial charge in [0.2, 0.25) is 11.8 Å². The minimum absolute atomic E-state index is 0.177. The van der Waals surface area contributed by atoms with Gasteiger partial charge in [-0.2, -0.15) is 0 Å². The highest BCUT2D eigenvalue weighted by molar-refractivity contribution is 6.33. The highest BCUT2D eigenvalue weighted by Gasteiger charge is 2.31. The molecule has 4 atom stereocenters. The lowest BCUT2D eigenvalue weighted by atomic mass is 9.92. The van der Waals surface area contributed by atoms with Crippen LogP contribution in [-0.4, -0.2) is 136 Å². The number of fused-ring (bicyclic) bond motifs is 1. The molecule has 0 spiro atoms. The van der Waals surface area contributed by atoms with Gasteiger partial charge in [0.05, 0.1) is 35.6 Å². The van der Waals surface area contributed by atoms with Gasteiger partial charge >= 0.3 is 0 Å². The molecular formula is C35H56ClN5O9. The van der Waals surface area contributed by atoms with Crippen LogP contribution in [0.2, 0.25) is 5.02 Å². The number of aliphatic hydroxyl groups is 5. The highest BCUT2D eigenvalue weighted by atomic mass is 35.5. The first-order valence-corrected chi connectivity index (χ1v) is 18.5. The third-order valence-corrected chi connectivity index (χ3v) is 10.6. The summed E-state index contributed by atoms with van der Waals surface area (Å²) in [5.41, 5.74) is 7.82. The molecule has 1 aromatic rings. The number of aliphatic hydroxyl groups excluding tert-OH is 5. The van der Waals surface area contributed by atoms with Gasteiger partial charge in [0.15, 0.2) is 0 Å². The first kappa shape index (κ1) is 40.1. The number of nitrogens with one attached hydrogen (secondary N) is 2. The molecule has 0 bridgehead atoms. The first-order valence-electron chi connectivity index (χ1n) is 18.1. The van der Waals surface area contributed by atoms with Gasteiger partial charge in [-0.3, -0.25) is 14.4 Å². The number of carbonyl (C=O) groups is 3. The molecule has 3 heterocycles. The SMILES string of the molecule is Nc1c(Cl)cc(C(=O)NCC2CCN(CC3CCN(C(=O)CCCCCCC(=O)NC[C@H](O)[C@@H](O)[C@H](O)[C@H](O)CO)CC3)CC2)c2c1CCO2. The van der Waals surface area contributed by atoms with E-state index >= 15 is 0 Å². The Kier molecular flexibility index (Phi) is 15.8. The second kappa shape index (κ2) is 19.8. The fourth-order valence-corrected chi connectivity index (χ4v) is 7.26. The number of anilines is 1. The van der Waals surface area contributed by atoms with Gasteiger partial charge in [0, 0.05) is 57.5 Å². The zero-order chi connectivity index (χ0) is 36.2. The molecule has 15 heteroatoms. The molecule has 282 valence electrons. The molecule has 0 saturated carbocycles. The summed E-state index contributed by atoms with van der Waals surface area (Å²) in [4.78, 5) is 42.3. The zero-order valence-corrected chi connectivity index (χ0v) is 29.7. The average Bonchev–Trinajstić information content (AvgIpc) is 3.62. The molecule has 0 unspecified atom stereocenters. The number of halogens is 1. The molecule has 3 aliphatic heterocycles. The summed E-state index contributed by atoms with van der Waals surface area (Å²) in [6.07, 6.45) is 1.90. The second-order valence-corrected chi connectivity index (χ2v) is 14.4. The van der Waals surface area contributed by atoms with E-state index in [2.05, 4.69) is 15.5 Å². The normalized spacial score (nSPS) is 19.7. The van der Waals surface area contributed by atoms with Gasteiger partial charge in [-0.05, 0) is 69.5 Å². The molecule has 0 radical (unpaired) electrons. The first-order chi connectivity index (χ1) is 24.0. The van der Waals surface area contributed by atoms with Gasteiger partial charge in [-0.15, -0.1) is 0 Å². The van der Waals surface area contributed by atoms with Crippen molar-refractivity contribution in [1.82, 2.24) is 20.4 Å². The summed E-state index contributed by atoms with van der Waals surface area (Å²) < 4.78 is 5.68. The number of benzene rings is 1. The number of amides is 3. The van der Waals surface area contributed by atoms with Crippen LogP contribution < -0.4 is 21.1 Å². The molecule has 4 rings (SSSR count). The predicted molar refractivity (Wildman–Crippen MR) is 188 cm³/mol. The molecule has 0 aromatic heterocycles. The van der Waals surface area contributed by atoms with Crippen molar-refractivity contribution in [2.75, 3.05) is 64.8 Å². The van der Waals surface area contributed by atoms with E-state index in [0.717, 1.165) is 83.2 Å². The third-order valence-electron chi connectivity index (χ3n) is 10.3. The van der Waals surface area contributed by atoms with E-state index in [1.54, 1.807) is 6.07 Å². The molecule has 14 nitrogen and oxygen atoms in total. The van der Waals surface area contributed by atoms with Crippen LogP contribution in [0.15, 0.2) is 6.07 Å². The largest absolute Gasteiger partial charge is 0.492 e. The van der Waals surface area contributed by atoms with Crippen LogP contribution in [0.3, 0.4) is 0 Å². The quantitative estimate of drug-likeness (QED) is 0.0767. The third kappa shape index (κ3) is 11.4. The monoisotopic (exact) mass is 725 g/mol. The van der Waals surface area contributed by atoms with Crippen molar-refractivity contribution in [3.63, 3.8) is 0 Å². The number of nitrogen functional groups attached to an aromatic ring is 1. The molecule has 9 N–H and O–H groups in total. The van der Waals surface area contributed by atoms with Crippen molar-refractivity contribution in [1.29, 1.82) is 0 Å². The fourth-order valence-electron chi connectivity index (χ4n) is 7.04. The van der Waals surface area contributed by atoms with Crippen molar-refractivity contribution in [2.24, 2.45) is 11.8 Å². The van der Waals surface area contributed by atoms with Crippen molar-refractivity contribution in [3.8, 4) is 5.75 Å². The standard InChI is InChI=1S/C35H56ClN5O9/c36-26-17-25(34-24(31(26)37)11-16-50-34)35(49)39-18-22-7-12-40(13-8-22)20-23-9-14-41(15-10-23)30(46)6-4-2-1-3-5-29(45)38-19-27(43)32(47)33(48)28(44)21-42/h17,22-23,27-28,32-33,42-44,47-48H,1-16,18-21,37H2,(H,38,45)(H,39,49)/t27-,28+,32+,33+/m0/s1. The van der Waals surface area contributed by atoms with E-state index in [1.807, 2.05) is 4.90 Å². The van der Waals surface area contributed by atoms with Gasteiger partial charge in [0.1, 0.15) is 24.1 Å². The summed E-state index contributed by atoms with van der Waals surface area (Å²) in [5.74, 6) is 1.24. The van der Waals surface area contributed by atoms with Crippen LogP contribution >= 0.6 is 11.6 Å². The molecule has 50 heavy (non-hydrogen) atoms. The van der Waals surface area contributed by atoms with Gasteiger partial charge in [0.25, 0.3) is 5.91 Å². The van der Waals surface area contributed by atoms with E-state index in [-0.39, 0.29) is 30.7 Å². The summed E-state index contributed by atoms with van der Waals surface area (Å²) in [6.45, 7) is 4.66. The molecule has 1 aromatic carbocycles. The molecule has 3 amide bonds. The fraction of sp³-hybridized carbons (Fsp3) is 0.743. The number of rotatable bonds is 18. The Morgan fingerprint density at radius 2 is 1.54 bits per heavy atom. The number of hydrogen-bond donors (Lipinski definition) is 8. The van der Waals surface area contributed by atoms with Crippen LogP contribution in [0.4, 0.5) is 5.69 Å². The van der Waals surface area contributed by atoms with Crippen molar-refractivity contribution in [3.05, 3.63) is 22.2 Å². The summed E-state index contributed by atoms with van der Waals surface area (Å²) in [5, 5.41) is 53.5. The van der Waals surface area contributed by atoms with E-state index in [4.69, 9.17) is 27.2 Å². The maximum absolute atomic E-state index is 13.0. The Balaban J connectivity index is 1.01. The Bertz CT molecular complexity index is 1270. The second-order valence-electron chi connectivity index (χ2n) is 14.0. The van der Waals surface area contributed by atoms with E-state index in [9.17, 15) is 34.8 Å². The number of nitrogens with zero attached hydrogens (tertiary/aromatic N) is 2. The minimum atomic E-state index is -1.73. The van der Waals surface area contributed by atoms with Gasteiger partial charge in [-0.25, -0.2) is 0 Å². The maximum Gasteiger partial charge on any atom is 0.255 e. The Labute approximate surface area is 299 Å². The topological polar surface area (TPSA) is 218 Å². The van der Waals surface area contributed by atoms with Crippen molar-refractivity contribution >= 4 is 35.0 Å². The van der Waals surface area contributed by atoms with Crippen LogP contribution in [0.25, 0.3) is 0 Å². The number of hydrogen-bond acceptors (Lipinski definition) is 11. The average molecular weight is 726 g/mol. The Morgan fingerprint density at radius 3 is 2.22 bits per heavy atom. The summed E-state index contributed by atoms with van der Waals surface area (Å²) in [7, 11) is 0. The Morgan fingerprint density at radius 1 is 0.900 bits per heavy atom. The van der Waals surface area contributed by atoms with Crippen LogP contribution in [0.5, 0.6) is 5.75 Å². The molecular weight excluding hydrogens is 670 g/mol. The van der Waals surface area contributed by atoms with Crippen molar-refractivity contribution < 1.29 is 44.7 Å². The smallest absolute Gasteiger partial charge is 0.255 e. The van der Waals surface area contributed by atoms with E-state index in [1.165, 1.54) is 0 Å². The molecule has 2 saturated heterocycles. The van der Waals surface area contributed by atoms with Crippen LogP contribution in [0, 0.1) is 11.8 Å². The summed E-state index contributed by atoms with van der Waals surface area (Å²) >= 11 is 6.27. The Hall–Kier alpha value is -2.72. The lowest BCUT2D eigenvalue weighted by Crippen LogP contribution is -2.49. The van der Waals surface area contributed by atoms with Gasteiger partial charge in [-0.1, -0.05) is 24.4 Å². The molecule has 0 aliphatic carbocycles. The lowest BCUT2D eigenvalue weighted by molar-refractivity contribution is -0.132. The number of carbonyl (C=O) groups excluding carboxylic acids is 3. The van der Waals surface area contributed by atoms with Crippen LogP contribution in [-0.2, 0) is 16.0 Å². The lowest BCUT2D eigenvalue weighted by Gasteiger charge is -2.37. The van der Waals surface area contributed by atoms with Gasteiger partial charge < -0.3 is 56.4 Å². The van der Waals surface area contributed by atoms with E-state index in [0.29, 0.717) is 66.3 Å². The van der Waals surface area contributed by atoms with Crippen LogP contribution in [0.1, 0.15) is 80.1 Å². The minimum Gasteiger partial charge on any atom is -0.492 e. The number of unbranched alkanes of at least 4 members (excludes halogenated alkanes) is 3. The number of likely N-dealkylation sites (tertiary alicyclic amines) is 2. The number of nitrogens with two attached hydrogens (primary N) is 1. The highest BCUT2D eigenvalue weighted by Crippen LogP contribution is 2.38. The zero-order valence-electron chi connectivity index (χ0n) is 28.9. The van der Waals surface area contributed by atoms with Crippen molar-refractivity contribution in [2.45, 2.75) is 95.0 Å². The molecule has 3 aliphatic rings. The maximum atomic E-state index is 13.0. The number of piperidine rings is 2. The summed E-state index contributed by atoms with van der Waals surface area (Å²) in [6, 6.07) is 1.60. The van der Waals surface area contributed by atoms with E-state index < -0.39 is 31.0 Å².